The minimum Gasteiger partial charge on any atom is -0.444 e. The number of rotatable bonds is 7. The van der Waals surface area contributed by atoms with E-state index in [1.54, 1.807) is 27.8 Å². The van der Waals surface area contributed by atoms with Gasteiger partial charge in [0.15, 0.2) is 11.5 Å². The third kappa shape index (κ3) is 4.80. The number of amides is 1. The van der Waals surface area contributed by atoms with Gasteiger partial charge in [-0.25, -0.2) is 13.6 Å². The van der Waals surface area contributed by atoms with Gasteiger partial charge in [0.05, 0.1) is 12.0 Å². The first-order valence-electron chi connectivity index (χ1n) is 11.2. The molecule has 4 rings (SSSR count). The molecule has 0 saturated heterocycles. The zero-order chi connectivity index (χ0) is 24.7. The van der Waals surface area contributed by atoms with Crippen LogP contribution in [0.15, 0.2) is 34.9 Å². The molecule has 0 spiro atoms. The lowest BCUT2D eigenvalue weighted by Gasteiger charge is -2.24. The average Bonchev–Trinajstić information content (AvgIpc) is 3.20. The van der Waals surface area contributed by atoms with Gasteiger partial charge in [0.1, 0.15) is 11.3 Å². The Balaban J connectivity index is 1.53. The molecule has 2 heterocycles. The number of hydrogen-bond acceptors (Lipinski definition) is 6. The highest BCUT2D eigenvalue weighted by molar-refractivity contribution is 5.67. The van der Waals surface area contributed by atoms with E-state index in [1.807, 2.05) is 25.1 Å². The summed E-state index contributed by atoms with van der Waals surface area (Å²) in [6, 6.07) is 9.32. The van der Waals surface area contributed by atoms with Crippen LogP contribution in [0.3, 0.4) is 0 Å². The van der Waals surface area contributed by atoms with Crippen LogP contribution in [0.5, 0.6) is 0 Å². The van der Waals surface area contributed by atoms with E-state index in [0.717, 1.165) is 24.0 Å². The largest absolute Gasteiger partial charge is 0.444 e. The highest BCUT2D eigenvalue weighted by atomic mass is 19.3. The van der Waals surface area contributed by atoms with Crippen LogP contribution in [0, 0.1) is 6.92 Å². The Morgan fingerprint density at radius 3 is 2.62 bits per heavy atom. The molecule has 182 valence electrons. The second-order valence-corrected chi connectivity index (χ2v) is 9.70. The normalized spacial score (nSPS) is 14.9. The second-order valence-electron chi connectivity index (χ2n) is 9.70. The molecule has 3 aromatic rings. The molecule has 0 bridgehead atoms. The maximum atomic E-state index is 13.7. The van der Waals surface area contributed by atoms with Gasteiger partial charge in [0.25, 0.3) is 12.3 Å². The standard InChI is InChI=1S/C24H29F2N5O3/c1-15-8-6-7-9-16(15)24(10-11-24)21-27-20(34-29-21)17-14-18(19(25)26)31(28-17)13-12-30(5)22(32)33-23(2,3)4/h6-9,14,19H,10-13H2,1-5H3. The van der Waals surface area contributed by atoms with E-state index in [4.69, 9.17) is 9.26 Å². The molecule has 0 N–H and O–H groups in total. The lowest BCUT2D eigenvalue weighted by Crippen LogP contribution is -2.36. The van der Waals surface area contributed by atoms with E-state index in [-0.39, 0.29) is 35.8 Å². The summed E-state index contributed by atoms with van der Waals surface area (Å²) in [5.74, 6) is 0.630. The third-order valence-electron chi connectivity index (χ3n) is 5.87. The number of ether oxygens (including phenoxy) is 1. The van der Waals surface area contributed by atoms with Crippen LogP contribution in [0.1, 0.15) is 62.7 Å². The van der Waals surface area contributed by atoms with Crippen molar-refractivity contribution in [1.29, 1.82) is 0 Å². The first-order valence-corrected chi connectivity index (χ1v) is 11.2. The van der Waals surface area contributed by atoms with Crippen molar-refractivity contribution in [3.63, 3.8) is 0 Å². The van der Waals surface area contributed by atoms with Crippen LogP contribution in [0.4, 0.5) is 13.6 Å². The predicted octanol–water partition coefficient (Wildman–Crippen LogP) is 5.13. The first-order chi connectivity index (χ1) is 16.0. The van der Waals surface area contributed by atoms with Gasteiger partial charge in [-0.15, -0.1) is 0 Å². The topological polar surface area (TPSA) is 86.3 Å². The van der Waals surface area contributed by atoms with Gasteiger partial charge in [0.2, 0.25) is 0 Å². The number of likely N-dealkylation sites (N-methyl/N-ethyl adjacent to an activating group) is 1. The number of nitrogens with zero attached hydrogens (tertiary/aromatic N) is 5. The molecule has 1 aliphatic rings. The Kier molecular flexibility index (Phi) is 6.18. The quantitative estimate of drug-likeness (QED) is 0.473. The van der Waals surface area contributed by atoms with E-state index in [2.05, 4.69) is 21.3 Å². The Bertz CT molecular complexity index is 1180. The molecule has 1 saturated carbocycles. The van der Waals surface area contributed by atoms with Crippen LogP contribution in [0.2, 0.25) is 0 Å². The first kappa shape index (κ1) is 23.8. The summed E-state index contributed by atoms with van der Waals surface area (Å²) < 4.78 is 39.3. The molecule has 34 heavy (non-hydrogen) atoms. The summed E-state index contributed by atoms with van der Waals surface area (Å²) in [5.41, 5.74) is 1.22. The molecule has 1 amide bonds. The van der Waals surface area contributed by atoms with Crippen molar-refractivity contribution in [1.82, 2.24) is 24.8 Å². The highest BCUT2D eigenvalue weighted by Gasteiger charge is 2.50. The fraction of sp³-hybridized carbons (Fsp3) is 0.500. The van der Waals surface area contributed by atoms with Gasteiger partial charge >= 0.3 is 6.09 Å². The fourth-order valence-corrected chi connectivity index (χ4v) is 3.94. The molecular formula is C24H29F2N5O3. The van der Waals surface area contributed by atoms with Crippen molar-refractivity contribution in [3.05, 3.63) is 53.0 Å². The van der Waals surface area contributed by atoms with Crippen LogP contribution < -0.4 is 0 Å². The molecule has 10 heteroatoms. The van der Waals surface area contributed by atoms with Crippen molar-refractivity contribution in [2.75, 3.05) is 13.6 Å². The van der Waals surface area contributed by atoms with E-state index in [0.29, 0.717) is 5.82 Å². The summed E-state index contributed by atoms with van der Waals surface area (Å²) in [7, 11) is 1.55. The van der Waals surface area contributed by atoms with Gasteiger partial charge in [0, 0.05) is 13.6 Å². The minimum absolute atomic E-state index is 0.0591. The average molecular weight is 474 g/mol. The number of carbonyl (C=O) groups excluding carboxylic acids is 1. The van der Waals surface area contributed by atoms with Gasteiger partial charge in [-0.2, -0.15) is 10.1 Å². The molecular weight excluding hydrogens is 444 g/mol. The number of alkyl halides is 2. The monoisotopic (exact) mass is 473 g/mol. The maximum Gasteiger partial charge on any atom is 0.410 e. The summed E-state index contributed by atoms with van der Waals surface area (Å²) in [5, 5.41) is 8.44. The van der Waals surface area contributed by atoms with Crippen LogP contribution in [-0.2, 0) is 16.7 Å². The summed E-state index contributed by atoms with van der Waals surface area (Å²) in [4.78, 5) is 18.0. The predicted molar refractivity (Wildman–Crippen MR) is 121 cm³/mol. The summed E-state index contributed by atoms with van der Waals surface area (Å²) in [6.45, 7) is 7.52. The zero-order valence-corrected chi connectivity index (χ0v) is 20.0. The van der Waals surface area contributed by atoms with Crippen LogP contribution >= 0.6 is 0 Å². The van der Waals surface area contributed by atoms with Crippen LogP contribution in [-0.4, -0.2) is 50.1 Å². The van der Waals surface area contributed by atoms with Gasteiger partial charge in [-0.1, -0.05) is 29.4 Å². The molecule has 8 nitrogen and oxygen atoms in total. The Morgan fingerprint density at radius 1 is 1.29 bits per heavy atom. The molecule has 0 unspecified atom stereocenters. The SMILES string of the molecule is Cc1ccccc1C1(c2noc(-c3cc(C(F)F)n(CCN(C)C(=O)OC(C)(C)C)n3)n2)CC1. The number of hydrogen-bond donors (Lipinski definition) is 0. The third-order valence-corrected chi connectivity index (χ3v) is 5.87. The second kappa shape index (κ2) is 8.81. The van der Waals surface area contributed by atoms with Crippen molar-refractivity contribution >= 4 is 6.09 Å². The smallest absolute Gasteiger partial charge is 0.410 e. The van der Waals surface area contributed by atoms with E-state index >= 15 is 0 Å². The minimum atomic E-state index is -2.75. The zero-order valence-electron chi connectivity index (χ0n) is 20.0. The molecule has 1 aromatic carbocycles. The number of aromatic nitrogens is 4. The lowest BCUT2D eigenvalue weighted by molar-refractivity contribution is 0.0290. The van der Waals surface area contributed by atoms with Crippen molar-refractivity contribution < 1.29 is 22.8 Å². The molecule has 1 aliphatic carbocycles. The molecule has 0 radical (unpaired) electrons. The Labute approximate surface area is 196 Å². The van der Waals surface area contributed by atoms with Gasteiger partial charge in [-0.3, -0.25) is 4.68 Å². The molecule has 2 aromatic heterocycles. The van der Waals surface area contributed by atoms with E-state index in [1.165, 1.54) is 15.6 Å². The number of carbonyl (C=O) groups is 1. The lowest BCUT2D eigenvalue weighted by atomic mass is 9.91. The van der Waals surface area contributed by atoms with E-state index in [9.17, 15) is 13.6 Å². The Morgan fingerprint density at radius 2 is 2.00 bits per heavy atom. The fourth-order valence-electron chi connectivity index (χ4n) is 3.94. The highest BCUT2D eigenvalue weighted by Crippen LogP contribution is 2.53. The van der Waals surface area contributed by atoms with Gasteiger partial charge in [-0.05, 0) is 57.7 Å². The van der Waals surface area contributed by atoms with E-state index < -0.39 is 18.1 Å². The van der Waals surface area contributed by atoms with Crippen molar-refractivity contribution in [3.8, 4) is 11.6 Å². The molecule has 0 aliphatic heterocycles. The maximum absolute atomic E-state index is 13.7. The van der Waals surface area contributed by atoms with Gasteiger partial charge < -0.3 is 14.2 Å². The van der Waals surface area contributed by atoms with Crippen molar-refractivity contribution in [2.45, 2.75) is 64.5 Å². The summed E-state index contributed by atoms with van der Waals surface area (Å²) in [6.07, 6.45) is -1.50. The number of halogens is 2. The Hall–Kier alpha value is -3.30. The molecule has 1 fully saturated rings. The number of benzene rings is 1. The number of aryl methyl sites for hydroxylation is 1. The van der Waals surface area contributed by atoms with Crippen molar-refractivity contribution in [2.24, 2.45) is 0 Å². The summed E-state index contributed by atoms with van der Waals surface area (Å²) >= 11 is 0. The molecule has 0 atom stereocenters. The van der Waals surface area contributed by atoms with Crippen LogP contribution in [0.25, 0.3) is 11.6 Å².